The maximum absolute atomic E-state index is 14.3. The Morgan fingerprint density at radius 3 is 2.18 bits per heavy atom. The van der Waals surface area contributed by atoms with Crippen LogP contribution in [0.15, 0.2) is 48.5 Å². The molecule has 0 bridgehead atoms. The number of fused-ring (bicyclic) bond motifs is 1. The molecule has 0 spiro atoms. The number of para-hydroxylation sites is 2. The van der Waals surface area contributed by atoms with E-state index in [-0.39, 0.29) is 11.4 Å². The van der Waals surface area contributed by atoms with Gasteiger partial charge in [-0.3, -0.25) is 14.9 Å². The fourth-order valence-corrected chi connectivity index (χ4v) is 3.13. The Labute approximate surface area is 181 Å². The first-order valence-electron chi connectivity index (χ1n) is 9.16. The van der Waals surface area contributed by atoms with E-state index in [1.165, 1.54) is 12.1 Å². The smallest absolute Gasteiger partial charge is 0.270 e. The molecule has 0 aliphatic carbocycles. The molecule has 0 aliphatic rings. The van der Waals surface area contributed by atoms with E-state index in [0.717, 1.165) is 12.1 Å². The van der Waals surface area contributed by atoms with Crippen molar-refractivity contribution in [2.24, 2.45) is 0 Å². The molecule has 3 aromatic carbocycles. The molecule has 0 fully saturated rings. The average Bonchev–Trinajstić information content (AvgIpc) is 3.25. The number of hydrogen-bond donors (Lipinski definition) is 1. The van der Waals surface area contributed by atoms with E-state index in [2.05, 4.69) is 9.97 Å². The minimum Gasteiger partial charge on any atom is -0.338 e. The molecule has 0 aliphatic heterocycles. The Bertz CT molecular complexity index is 1420. The number of H-pyrrole nitrogens is 1. The lowest BCUT2D eigenvalue weighted by molar-refractivity contribution is -0.384. The van der Waals surface area contributed by atoms with E-state index in [9.17, 15) is 36.9 Å². The monoisotopic (exact) mass is 459 g/mol. The predicted molar refractivity (Wildman–Crippen MR) is 108 cm³/mol. The van der Waals surface area contributed by atoms with Crippen molar-refractivity contribution >= 4 is 34.2 Å². The summed E-state index contributed by atoms with van der Waals surface area (Å²) in [5.74, 6) is -12.3. The van der Waals surface area contributed by atoms with Gasteiger partial charge >= 0.3 is 0 Å². The number of imidazole rings is 1. The molecule has 6 nitrogen and oxygen atoms in total. The second-order valence-electron chi connectivity index (χ2n) is 6.78. The molecule has 166 valence electrons. The van der Waals surface area contributed by atoms with Crippen LogP contribution in [0.4, 0.5) is 27.6 Å². The molecule has 4 aromatic rings. The number of carbonyl (C=O) groups is 1. The van der Waals surface area contributed by atoms with Crippen molar-refractivity contribution in [2.45, 2.75) is 0 Å². The van der Waals surface area contributed by atoms with Crippen molar-refractivity contribution in [3.8, 4) is 0 Å². The third-order valence-corrected chi connectivity index (χ3v) is 4.74. The Hall–Kier alpha value is -4.41. The van der Waals surface area contributed by atoms with Crippen LogP contribution in [0.1, 0.15) is 21.7 Å². The van der Waals surface area contributed by atoms with Crippen molar-refractivity contribution in [3.05, 3.63) is 105 Å². The molecule has 0 radical (unpaired) electrons. The Kier molecular flexibility index (Phi) is 5.46. The topological polar surface area (TPSA) is 88.9 Å². The molecule has 0 atom stereocenters. The van der Waals surface area contributed by atoms with Gasteiger partial charge in [-0.25, -0.2) is 26.9 Å². The summed E-state index contributed by atoms with van der Waals surface area (Å²) in [6.45, 7) is 0. The Balaban J connectivity index is 1.98. The number of aromatic amines is 1. The number of hydrogen-bond acceptors (Lipinski definition) is 4. The number of nitro groups is 1. The highest BCUT2D eigenvalue weighted by Gasteiger charge is 2.27. The van der Waals surface area contributed by atoms with Crippen molar-refractivity contribution in [1.82, 2.24) is 9.97 Å². The van der Waals surface area contributed by atoms with Crippen LogP contribution in [0.25, 0.3) is 22.7 Å². The van der Waals surface area contributed by atoms with Gasteiger partial charge in [0.25, 0.3) is 5.69 Å². The lowest BCUT2D eigenvalue weighted by Gasteiger charge is -2.08. The normalized spacial score (nSPS) is 11.7. The number of nitro benzene ring substituents is 1. The summed E-state index contributed by atoms with van der Waals surface area (Å²) in [4.78, 5) is 30.4. The molecule has 1 N–H and O–H groups in total. The third kappa shape index (κ3) is 3.84. The number of rotatable bonds is 5. The van der Waals surface area contributed by atoms with Gasteiger partial charge in [0.2, 0.25) is 5.82 Å². The van der Waals surface area contributed by atoms with Crippen LogP contribution < -0.4 is 0 Å². The van der Waals surface area contributed by atoms with E-state index in [1.54, 1.807) is 24.3 Å². The highest BCUT2D eigenvalue weighted by atomic mass is 19.2. The summed E-state index contributed by atoms with van der Waals surface area (Å²) >= 11 is 0. The summed E-state index contributed by atoms with van der Waals surface area (Å²) in [6, 6.07) is 10.8. The standard InChI is InChI=1S/C22H10F5N3O3/c23-16-12(17(24)19(26)20(27)18(16)25)9-13(22-28-14-6-1-2-7-15(14)29-22)21(31)10-4-3-5-11(8-10)30(32)33/h1-9H,(H,28,29). The number of ketones is 1. The second-order valence-corrected chi connectivity index (χ2v) is 6.78. The van der Waals surface area contributed by atoms with Gasteiger partial charge in [0.05, 0.1) is 27.1 Å². The predicted octanol–water partition coefficient (Wildman–Crippen LogP) is 5.59. The second kappa shape index (κ2) is 8.26. The molecule has 0 saturated heterocycles. The van der Waals surface area contributed by atoms with Crippen LogP contribution in [0.2, 0.25) is 0 Å². The number of Topliss-reactive ketones (excluding diaryl/α,β-unsaturated/α-hetero) is 1. The van der Waals surface area contributed by atoms with Crippen LogP contribution in [-0.4, -0.2) is 20.7 Å². The molecule has 1 heterocycles. The lowest BCUT2D eigenvalue weighted by atomic mass is 9.99. The van der Waals surface area contributed by atoms with Gasteiger partial charge in [0.15, 0.2) is 29.1 Å². The largest absolute Gasteiger partial charge is 0.338 e. The lowest BCUT2D eigenvalue weighted by Crippen LogP contribution is -2.08. The van der Waals surface area contributed by atoms with Gasteiger partial charge in [-0.05, 0) is 18.2 Å². The van der Waals surface area contributed by atoms with E-state index in [4.69, 9.17) is 0 Å². The maximum atomic E-state index is 14.3. The van der Waals surface area contributed by atoms with Gasteiger partial charge in [-0.15, -0.1) is 0 Å². The molecule has 0 saturated carbocycles. The SMILES string of the molecule is O=C(C(=Cc1c(F)c(F)c(F)c(F)c1F)c1nc2ccccc2[nH]1)c1cccc([N+](=O)[O-])c1. The van der Waals surface area contributed by atoms with Crippen molar-refractivity contribution in [3.63, 3.8) is 0 Å². The molecular weight excluding hydrogens is 449 g/mol. The van der Waals surface area contributed by atoms with Gasteiger partial charge in [-0.2, -0.15) is 0 Å². The first-order valence-corrected chi connectivity index (χ1v) is 9.16. The van der Waals surface area contributed by atoms with Crippen LogP contribution in [0.3, 0.4) is 0 Å². The van der Waals surface area contributed by atoms with Gasteiger partial charge < -0.3 is 4.98 Å². The molecule has 11 heteroatoms. The van der Waals surface area contributed by atoms with Gasteiger partial charge in [0, 0.05) is 17.7 Å². The van der Waals surface area contributed by atoms with Crippen LogP contribution in [0, 0.1) is 39.2 Å². The van der Waals surface area contributed by atoms with E-state index in [1.807, 2.05) is 0 Å². The van der Waals surface area contributed by atoms with Gasteiger partial charge in [-0.1, -0.05) is 24.3 Å². The van der Waals surface area contributed by atoms with Crippen LogP contribution >= 0.6 is 0 Å². The summed E-state index contributed by atoms with van der Waals surface area (Å²) in [5.41, 5.74) is -1.87. The first-order chi connectivity index (χ1) is 15.7. The summed E-state index contributed by atoms with van der Waals surface area (Å²) in [5, 5.41) is 11.1. The minimum absolute atomic E-state index is 0.239. The average molecular weight is 459 g/mol. The highest BCUT2D eigenvalue weighted by Crippen LogP contribution is 2.29. The molecule has 1 aromatic heterocycles. The summed E-state index contributed by atoms with van der Waals surface area (Å²) in [7, 11) is 0. The number of allylic oxidation sites excluding steroid dienone is 1. The number of halogens is 5. The summed E-state index contributed by atoms with van der Waals surface area (Å²) < 4.78 is 69.5. The Morgan fingerprint density at radius 1 is 0.909 bits per heavy atom. The fourth-order valence-electron chi connectivity index (χ4n) is 3.13. The molecule has 0 unspecified atom stereocenters. The number of nitrogens with one attached hydrogen (secondary N) is 1. The molecule has 0 amide bonds. The number of carbonyl (C=O) groups excluding carboxylic acids is 1. The van der Waals surface area contributed by atoms with Crippen LogP contribution in [-0.2, 0) is 0 Å². The van der Waals surface area contributed by atoms with E-state index >= 15 is 0 Å². The van der Waals surface area contributed by atoms with Crippen molar-refractivity contribution in [1.29, 1.82) is 0 Å². The molecule has 33 heavy (non-hydrogen) atoms. The van der Waals surface area contributed by atoms with Crippen molar-refractivity contribution in [2.75, 3.05) is 0 Å². The fraction of sp³-hybridized carbons (Fsp3) is 0. The Morgan fingerprint density at radius 2 is 1.55 bits per heavy atom. The summed E-state index contributed by atoms with van der Waals surface area (Å²) in [6.07, 6.45) is 0.467. The number of non-ortho nitro benzene ring substituents is 1. The molecular formula is C22H10F5N3O3. The first kappa shape index (κ1) is 21.8. The number of benzene rings is 3. The molecule has 4 rings (SSSR count). The number of aromatic nitrogens is 2. The van der Waals surface area contributed by atoms with Gasteiger partial charge in [0.1, 0.15) is 5.82 Å². The minimum atomic E-state index is -2.35. The third-order valence-electron chi connectivity index (χ3n) is 4.74. The quantitative estimate of drug-likeness (QED) is 0.0802. The zero-order chi connectivity index (χ0) is 23.9. The maximum Gasteiger partial charge on any atom is 0.270 e. The van der Waals surface area contributed by atoms with E-state index in [0.29, 0.717) is 17.1 Å². The zero-order valence-corrected chi connectivity index (χ0v) is 16.2. The van der Waals surface area contributed by atoms with E-state index < -0.39 is 56.6 Å². The van der Waals surface area contributed by atoms with Crippen LogP contribution in [0.5, 0.6) is 0 Å². The number of nitrogens with zero attached hydrogens (tertiary/aromatic N) is 2. The van der Waals surface area contributed by atoms with Crippen molar-refractivity contribution < 1.29 is 31.7 Å². The zero-order valence-electron chi connectivity index (χ0n) is 16.2. The highest BCUT2D eigenvalue weighted by molar-refractivity contribution is 6.32.